The van der Waals surface area contributed by atoms with Crippen molar-refractivity contribution in [3.63, 3.8) is 0 Å². The lowest BCUT2D eigenvalue weighted by Crippen LogP contribution is -2.13. The van der Waals surface area contributed by atoms with Crippen molar-refractivity contribution in [3.8, 4) is 0 Å². The quantitative estimate of drug-likeness (QED) is 0.762. The molecule has 0 aliphatic heterocycles. The maximum atomic E-state index is 10.2. The molecule has 2 unspecified atom stereocenters. The van der Waals surface area contributed by atoms with Crippen LogP contribution in [-0.2, 0) is 0 Å². The fourth-order valence-electron chi connectivity index (χ4n) is 2.26. The molecule has 0 heterocycles. The predicted octanol–water partition coefficient (Wildman–Crippen LogP) is 4.18. The van der Waals surface area contributed by atoms with Crippen molar-refractivity contribution in [2.75, 3.05) is 0 Å². The first-order valence-electron chi connectivity index (χ1n) is 6.42. The van der Waals surface area contributed by atoms with Crippen molar-refractivity contribution in [2.45, 2.75) is 46.1 Å². The molecule has 0 bridgehead atoms. The topological polar surface area (TPSA) is 20.2 Å². The molecule has 1 N–H and O–H groups in total. The summed E-state index contributed by atoms with van der Waals surface area (Å²) in [6.07, 6.45) is 3.22. The number of rotatable bonds is 6. The average molecular weight is 220 g/mol. The molecule has 16 heavy (non-hydrogen) atoms. The Morgan fingerprint density at radius 2 is 1.62 bits per heavy atom. The van der Waals surface area contributed by atoms with E-state index in [0.29, 0.717) is 5.92 Å². The monoisotopic (exact) mass is 220 g/mol. The van der Waals surface area contributed by atoms with Crippen LogP contribution in [0.1, 0.15) is 51.7 Å². The van der Waals surface area contributed by atoms with E-state index in [-0.39, 0.29) is 6.10 Å². The third kappa shape index (κ3) is 3.64. The zero-order valence-electron chi connectivity index (χ0n) is 10.7. The second-order valence-electron chi connectivity index (χ2n) is 4.75. The zero-order chi connectivity index (χ0) is 12.0. The molecular formula is C15H24O. The van der Waals surface area contributed by atoms with Crippen LogP contribution in [0.2, 0.25) is 0 Å². The molecular weight excluding hydrogens is 196 g/mol. The lowest BCUT2D eigenvalue weighted by atomic mass is 9.86. The molecule has 0 aliphatic carbocycles. The first kappa shape index (κ1) is 13.2. The van der Waals surface area contributed by atoms with Gasteiger partial charge in [-0.3, -0.25) is 0 Å². The van der Waals surface area contributed by atoms with Gasteiger partial charge in [0.1, 0.15) is 0 Å². The first-order valence-corrected chi connectivity index (χ1v) is 6.42. The number of hydrogen-bond acceptors (Lipinski definition) is 1. The summed E-state index contributed by atoms with van der Waals surface area (Å²) in [4.78, 5) is 0. The van der Waals surface area contributed by atoms with E-state index in [2.05, 4.69) is 20.8 Å². The first-order chi connectivity index (χ1) is 7.69. The summed E-state index contributed by atoms with van der Waals surface area (Å²) in [6, 6.07) is 9.98. The van der Waals surface area contributed by atoms with Crippen LogP contribution in [0.25, 0.3) is 0 Å². The molecule has 1 aromatic rings. The van der Waals surface area contributed by atoms with E-state index in [0.717, 1.165) is 17.9 Å². The smallest absolute Gasteiger partial charge is 0.0815 e. The van der Waals surface area contributed by atoms with Gasteiger partial charge in [-0.2, -0.15) is 0 Å². The molecule has 0 fully saturated rings. The second-order valence-corrected chi connectivity index (χ2v) is 4.75. The Bertz CT molecular complexity index is 277. The van der Waals surface area contributed by atoms with Crippen LogP contribution in [0.3, 0.4) is 0 Å². The maximum Gasteiger partial charge on any atom is 0.0815 e. The Hall–Kier alpha value is -0.820. The summed E-state index contributed by atoms with van der Waals surface area (Å²) in [6.45, 7) is 6.61. The Morgan fingerprint density at radius 3 is 2.12 bits per heavy atom. The Kier molecular flexibility index (Phi) is 5.54. The molecule has 90 valence electrons. The van der Waals surface area contributed by atoms with E-state index in [1.807, 2.05) is 30.3 Å². The highest BCUT2D eigenvalue weighted by atomic mass is 16.3. The molecule has 0 saturated heterocycles. The van der Waals surface area contributed by atoms with Gasteiger partial charge in [-0.1, -0.05) is 63.9 Å². The summed E-state index contributed by atoms with van der Waals surface area (Å²) in [5.41, 5.74) is 1.04. The van der Waals surface area contributed by atoms with Gasteiger partial charge in [-0.25, -0.2) is 0 Å². The summed E-state index contributed by atoms with van der Waals surface area (Å²) >= 11 is 0. The average Bonchev–Trinajstić information content (AvgIpc) is 2.35. The van der Waals surface area contributed by atoms with Gasteiger partial charge in [0.25, 0.3) is 0 Å². The second kappa shape index (κ2) is 6.70. The molecule has 0 radical (unpaired) electrons. The van der Waals surface area contributed by atoms with Crippen molar-refractivity contribution in [3.05, 3.63) is 35.9 Å². The summed E-state index contributed by atoms with van der Waals surface area (Å²) in [5.74, 6) is 1.08. The van der Waals surface area contributed by atoms with E-state index < -0.39 is 0 Å². The Balaban J connectivity index is 2.57. The zero-order valence-corrected chi connectivity index (χ0v) is 10.7. The molecule has 0 amide bonds. The van der Waals surface area contributed by atoms with Crippen molar-refractivity contribution < 1.29 is 5.11 Å². The number of hydrogen-bond donors (Lipinski definition) is 1. The van der Waals surface area contributed by atoms with Crippen LogP contribution in [0.15, 0.2) is 30.3 Å². The number of aliphatic hydroxyl groups is 1. The summed E-state index contributed by atoms with van der Waals surface area (Å²) in [7, 11) is 0. The van der Waals surface area contributed by atoms with E-state index in [1.54, 1.807) is 0 Å². The van der Waals surface area contributed by atoms with E-state index in [1.165, 1.54) is 12.8 Å². The number of benzene rings is 1. The van der Waals surface area contributed by atoms with E-state index >= 15 is 0 Å². The highest BCUT2D eigenvalue weighted by molar-refractivity contribution is 5.17. The lowest BCUT2D eigenvalue weighted by molar-refractivity contribution is 0.101. The molecule has 0 aliphatic rings. The highest BCUT2D eigenvalue weighted by Gasteiger charge is 2.18. The maximum absolute atomic E-state index is 10.2. The van der Waals surface area contributed by atoms with Gasteiger partial charge in [0, 0.05) is 0 Å². The number of aliphatic hydroxyl groups excluding tert-OH is 1. The largest absolute Gasteiger partial charge is 0.388 e. The normalized spacial score (nSPS) is 15.1. The van der Waals surface area contributed by atoms with Crippen molar-refractivity contribution in [1.29, 1.82) is 0 Å². The van der Waals surface area contributed by atoms with Gasteiger partial charge in [0.15, 0.2) is 0 Å². The molecule has 1 heteroatoms. The minimum absolute atomic E-state index is 0.318. The SMILES string of the molecule is CCC(CC)CC(C)C(O)c1ccccc1. The summed E-state index contributed by atoms with van der Waals surface area (Å²) < 4.78 is 0. The van der Waals surface area contributed by atoms with Crippen LogP contribution < -0.4 is 0 Å². The molecule has 0 spiro atoms. The van der Waals surface area contributed by atoms with E-state index in [9.17, 15) is 5.11 Å². The van der Waals surface area contributed by atoms with E-state index in [4.69, 9.17) is 0 Å². The molecule has 1 rings (SSSR count). The van der Waals surface area contributed by atoms with Crippen LogP contribution in [0.4, 0.5) is 0 Å². The van der Waals surface area contributed by atoms with Gasteiger partial charge in [0.05, 0.1) is 6.10 Å². The highest BCUT2D eigenvalue weighted by Crippen LogP contribution is 2.29. The fourth-order valence-corrected chi connectivity index (χ4v) is 2.26. The third-order valence-electron chi connectivity index (χ3n) is 3.54. The molecule has 1 aromatic carbocycles. The molecule has 1 nitrogen and oxygen atoms in total. The van der Waals surface area contributed by atoms with Gasteiger partial charge in [0.2, 0.25) is 0 Å². The van der Waals surface area contributed by atoms with Gasteiger partial charge < -0.3 is 5.11 Å². The molecule has 2 atom stereocenters. The predicted molar refractivity (Wildman–Crippen MR) is 69.3 cm³/mol. The minimum atomic E-state index is -0.318. The van der Waals surface area contributed by atoms with Gasteiger partial charge in [-0.15, -0.1) is 0 Å². The van der Waals surface area contributed by atoms with Crippen LogP contribution in [0.5, 0.6) is 0 Å². The standard InChI is InChI=1S/C15H24O/c1-4-13(5-2)11-12(3)15(16)14-9-7-6-8-10-14/h6-10,12-13,15-16H,4-5,11H2,1-3H3. The Labute approximate surface area is 99.5 Å². The van der Waals surface area contributed by atoms with Gasteiger partial charge >= 0.3 is 0 Å². The fraction of sp³-hybridized carbons (Fsp3) is 0.600. The third-order valence-corrected chi connectivity index (χ3v) is 3.54. The minimum Gasteiger partial charge on any atom is -0.388 e. The lowest BCUT2D eigenvalue weighted by Gasteiger charge is -2.23. The van der Waals surface area contributed by atoms with Crippen molar-refractivity contribution >= 4 is 0 Å². The van der Waals surface area contributed by atoms with Crippen LogP contribution in [-0.4, -0.2) is 5.11 Å². The van der Waals surface area contributed by atoms with Gasteiger partial charge in [-0.05, 0) is 23.8 Å². The van der Waals surface area contributed by atoms with Crippen LogP contribution >= 0.6 is 0 Å². The Morgan fingerprint density at radius 1 is 1.06 bits per heavy atom. The van der Waals surface area contributed by atoms with Crippen LogP contribution in [0, 0.1) is 11.8 Å². The van der Waals surface area contributed by atoms with Crippen molar-refractivity contribution in [2.24, 2.45) is 11.8 Å². The van der Waals surface area contributed by atoms with Crippen molar-refractivity contribution in [1.82, 2.24) is 0 Å². The molecule has 0 saturated carbocycles. The summed E-state index contributed by atoms with van der Waals surface area (Å²) in [5, 5.41) is 10.2. The molecule has 0 aromatic heterocycles.